The van der Waals surface area contributed by atoms with Gasteiger partial charge in [-0.1, -0.05) is 30.3 Å². The van der Waals surface area contributed by atoms with E-state index in [0.717, 1.165) is 16.9 Å². The zero-order chi connectivity index (χ0) is 17.1. The maximum atomic E-state index is 13.1. The van der Waals surface area contributed by atoms with Gasteiger partial charge in [0.1, 0.15) is 6.04 Å². The van der Waals surface area contributed by atoms with Crippen molar-refractivity contribution in [3.8, 4) is 0 Å². The molecular formula is C20H22N2O2. The normalized spacial score (nSPS) is 17.2. The molecule has 1 saturated heterocycles. The van der Waals surface area contributed by atoms with Gasteiger partial charge in [0.2, 0.25) is 11.8 Å². The zero-order valence-corrected chi connectivity index (χ0v) is 14.1. The molecule has 24 heavy (non-hydrogen) atoms. The van der Waals surface area contributed by atoms with Crippen LogP contribution in [0.25, 0.3) is 0 Å². The van der Waals surface area contributed by atoms with E-state index in [-0.39, 0.29) is 11.8 Å². The molecule has 0 N–H and O–H groups in total. The lowest BCUT2D eigenvalue weighted by molar-refractivity contribution is -0.122. The summed E-state index contributed by atoms with van der Waals surface area (Å²) in [6.45, 7) is 4.55. The molecule has 3 rings (SSSR count). The minimum Gasteiger partial charge on any atom is -0.311 e. The number of hydrogen-bond acceptors (Lipinski definition) is 2. The molecule has 2 aromatic carbocycles. The third-order valence-corrected chi connectivity index (χ3v) is 4.43. The van der Waals surface area contributed by atoms with Gasteiger partial charge >= 0.3 is 0 Å². The highest BCUT2D eigenvalue weighted by Gasteiger charge is 2.39. The van der Waals surface area contributed by atoms with E-state index in [1.54, 1.807) is 9.80 Å². The molecule has 4 nitrogen and oxygen atoms in total. The van der Waals surface area contributed by atoms with Crippen molar-refractivity contribution in [2.45, 2.75) is 32.7 Å². The Bertz CT molecular complexity index is 742. The maximum Gasteiger partial charge on any atom is 0.250 e. The lowest BCUT2D eigenvalue weighted by Crippen LogP contribution is -2.47. The summed E-state index contributed by atoms with van der Waals surface area (Å²) in [5, 5.41) is 0. The van der Waals surface area contributed by atoms with Crippen molar-refractivity contribution in [2.24, 2.45) is 0 Å². The topological polar surface area (TPSA) is 40.6 Å². The lowest BCUT2D eigenvalue weighted by Gasteiger charge is -2.30. The van der Waals surface area contributed by atoms with E-state index in [4.69, 9.17) is 0 Å². The number of hydrogen-bond donors (Lipinski definition) is 0. The van der Waals surface area contributed by atoms with Crippen molar-refractivity contribution in [3.63, 3.8) is 0 Å². The zero-order valence-electron chi connectivity index (χ0n) is 14.1. The Kier molecular flexibility index (Phi) is 4.65. The van der Waals surface area contributed by atoms with E-state index < -0.39 is 6.04 Å². The van der Waals surface area contributed by atoms with Gasteiger partial charge in [-0.2, -0.15) is 0 Å². The van der Waals surface area contributed by atoms with Crippen molar-refractivity contribution in [2.75, 3.05) is 16.3 Å². The average Bonchev–Trinajstić information content (AvgIpc) is 2.98. The second-order valence-electron chi connectivity index (χ2n) is 6.08. The summed E-state index contributed by atoms with van der Waals surface area (Å²) in [5.41, 5.74) is 2.79. The van der Waals surface area contributed by atoms with Crippen molar-refractivity contribution in [1.29, 1.82) is 0 Å². The fraction of sp³-hybridized carbons (Fsp3) is 0.300. The summed E-state index contributed by atoms with van der Waals surface area (Å²) in [5.74, 6) is -0.00218. The Morgan fingerprint density at radius 2 is 1.92 bits per heavy atom. The summed E-state index contributed by atoms with van der Waals surface area (Å²) in [6.07, 6.45) is 0.978. The molecule has 1 fully saturated rings. The highest BCUT2D eigenvalue weighted by atomic mass is 16.2. The van der Waals surface area contributed by atoms with Crippen LogP contribution in [-0.4, -0.2) is 24.4 Å². The molecule has 0 saturated carbocycles. The first-order chi connectivity index (χ1) is 11.6. The number of para-hydroxylation sites is 1. The molecule has 0 spiro atoms. The van der Waals surface area contributed by atoms with Crippen molar-refractivity contribution >= 4 is 23.2 Å². The van der Waals surface area contributed by atoms with Crippen LogP contribution in [0.15, 0.2) is 54.6 Å². The fourth-order valence-electron chi connectivity index (χ4n) is 3.27. The monoisotopic (exact) mass is 322 g/mol. The minimum atomic E-state index is -0.430. The quantitative estimate of drug-likeness (QED) is 0.864. The standard InChI is InChI=1S/C20H22N2O2/c1-3-21(17-11-7-8-15(2)14-17)20(24)18-12-13-19(23)22(18)16-9-5-4-6-10-16/h4-11,14,18H,3,12-13H2,1-2H3. The number of benzene rings is 2. The van der Waals surface area contributed by atoms with E-state index in [1.165, 1.54) is 0 Å². The van der Waals surface area contributed by atoms with Gasteiger partial charge in [0.25, 0.3) is 0 Å². The van der Waals surface area contributed by atoms with E-state index in [1.807, 2.05) is 68.4 Å². The first-order valence-corrected chi connectivity index (χ1v) is 8.37. The third kappa shape index (κ3) is 3.04. The number of rotatable bonds is 4. The molecule has 0 bridgehead atoms. The second kappa shape index (κ2) is 6.87. The first kappa shape index (κ1) is 16.2. The van der Waals surface area contributed by atoms with Gasteiger partial charge in [0, 0.05) is 24.3 Å². The number of anilines is 2. The van der Waals surface area contributed by atoms with Crippen LogP contribution in [0, 0.1) is 6.92 Å². The van der Waals surface area contributed by atoms with Crippen LogP contribution in [0.3, 0.4) is 0 Å². The van der Waals surface area contributed by atoms with Gasteiger partial charge in [-0.05, 0) is 50.1 Å². The molecule has 0 radical (unpaired) electrons. The van der Waals surface area contributed by atoms with E-state index in [9.17, 15) is 9.59 Å². The van der Waals surface area contributed by atoms with Gasteiger partial charge < -0.3 is 4.90 Å². The highest BCUT2D eigenvalue weighted by molar-refractivity contribution is 6.08. The Morgan fingerprint density at radius 3 is 2.58 bits per heavy atom. The first-order valence-electron chi connectivity index (χ1n) is 8.37. The number of amides is 2. The smallest absolute Gasteiger partial charge is 0.250 e. The number of carbonyl (C=O) groups is 2. The molecule has 1 aliphatic heterocycles. The van der Waals surface area contributed by atoms with Crippen LogP contribution >= 0.6 is 0 Å². The summed E-state index contributed by atoms with van der Waals surface area (Å²) >= 11 is 0. The van der Waals surface area contributed by atoms with Gasteiger partial charge in [-0.15, -0.1) is 0 Å². The van der Waals surface area contributed by atoms with Crippen LogP contribution in [0.4, 0.5) is 11.4 Å². The molecular weight excluding hydrogens is 300 g/mol. The predicted octanol–water partition coefficient (Wildman–Crippen LogP) is 3.54. The van der Waals surface area contributed by atoms with E-state index in [2.05, 4.69) is 0 Å². The number of carbonyl (C=O) groups excluding carboxylic acids is 2. The Morgan fingerprint density at radius 1 is 1.17 bits per heavy atom. The number of nitrogens with zero attached hydrogens (tertiary/aromatic N) is 2. The van der Waals surface area contributed by atoms with Crippen molar-refractivity contribution in [1.82, 2.24) is 0 Å². The number of likely N-dealkylation sites (N-methyl/N-ethyl adjacent to an activating group) is 1. The molecule has 1 aliphatic rings. The van der Waals surface area contributed by atoms with Crippen LogP contribution in [0.5, 0.6) is 0 Å². The largest absolute Gasteiger partial charge is 0.311 e. The minimum absolute atomic E-state index is 0.0137. The van der Waals surface area contributed by atoms with Crippen LogP contribution < -0.4 is 9.80 Å². The van der Waals surface area contributed by atoms with Crippen LogP contribution in [0.2, 0.25) is 0 Å². The molecule has 0 aliphatic carbocycles. The van der Waals surface area contributed by atoms with Crippen LogP contribution in [-0.2, 0) is 9.59 Å². The van der Waals surface area contributed by atoms with E-state index >= 15 is 0 Å². The molecule has 1 unspecified atom stereocenters. The van der Waals surface area contributed by atoms with Gasteiger partial charge in [0.15, 0.2) is 0 Å². The fourth-order valence-corrected chi connectivity index (χ4v) is 3.27. The predicted molar refractivity (Wildman–Crippen MR) is 96.2 cm³/mol. The molecule has 4 heteroatoms. The average molecular weight is 322 g/mol. The van der Waals surface area contributed by atoms with Crippen LogP contribution in [0.1, 0.15) is 25.3 Å². The SMILES string of the molecule is CCN(C(=O)C1CCC(=O)N1c1ccccc1)c1cccc(C)c1. The van der Waals surface area contributed by atoms with Crippen molar-refractivity contribution < 1.29 is 9.59 Å². The summed E-state index contributed by atoms with van der Waals surface area (Å²) in [4.78, 5) is 28.9. The lowest BCUT2D eigenvalue weighted by atomic mass is 10.1. The Balaban J connectivity index is 1.91. The van der Waals surface area contributed by atoms with E-state index in [0.29, 0.717) is 19.4 Å². The molecule has 124 valence electrons. The molecule has 1 atom stereocenters. The Hall–Kier alpha value is -2.62. The molecule has 1 heterocycles. The highest BCUT2D eigenvalue weighted by Crippen LogP contribution is 2.29. The van der Waals surface area contributed by atoms with Crippen molar-refractivity contribution in [3.05, 3.63) is 60.2 Å². The third-order valence-electron chi connectivity index (χ3n) is 4.43. The second-order valence-corrected chi connectivity index (χ2v) is 6.08. The Labute approximate surface area is 142 Å². The number of aryl methyl sites for hydroxylation is 1. The summed E-state index contributed by atoms with van der Waals surface area (Å²) in [7, 11) is 0. The molecule has 0 aromatic heterocycles. The summed E-state index contributed by atoms with van der Waals surface area (Å²) in [6, 6.07) is 16.9. The maximum absolute atomic E-state index is 13.1. The molecule has 2 aromatic rings. The summed E-state index contributed by atoms with van der Waals surface area (Å²) < 4.78 is 0. The van der Waals surface area contributed by atoms with Gasteiger partial charge in [0.05, 0.1) is 0 Å². The van der Waals surface area contributed by atoms with Gasteiger partial charge in [-0.25, -0.2) is 0 Å². The molecule has 2 amide bonds. The van der Waals surface area contributed by atoms with Gasteiger partial charge in [-0.3, -0.25) is 14.5 Å².